The second-order valence-corrected chi connectivity index (χ2v) is 27.6. The predicted octanol–water partition coefficient (Wildman–Crippen LogP) is 11.6. The summed E-state index contributed by atoms with van der Waals surface area (Å²) < 4.78 is 5.14. The maximum absolute atomic E-state index is 12.8. The van der Waals surface area contributed by atoms with Crippen LogP contribution in [0.4, 0.5) is 46.0 Å². The molecule has 109 heavy (non-hydrogen) atoms. The van der Waals surface area contributed by atoms with E-state index in [1.165, 1.54) is 11.1 Å². The Kier molecular flexibility index (Phi) is 25.4. The number of nitrogens with two attached hydrogens (primary N) is 4. The van der Waals surface area contributed by atoms with E-state index < -0.39 is 0 Å². The number of Topliss-reactive ketones (excluding diaryl/α,β-unsaturated/α-hetero) is 4. The van der Waals surface area contributed by atoms with Gasteiger partial charge < -0.3 is 68.2 Å². The van der Waals surface area contributed by atoms with Crippen LogP contribution in [0.5, 0.6) is 0 Å². The highest BCUT2D eigenvalue weighted by Crippen LogP contribution is 2.32. The van der Waals surface area contributed by atoms with Gasteiger partial charge in [-0.3, -0.25) is 19.2 Å². The van der Waals surface area contributed by atoms with Crippen molar-refractivity contribution in [3.63, 3.8) is 0 Å². The Hall–Kier alpha value is -12.1. The molecule has 0 atom stereocenters. The molecule has 12 N–H and O–H groups in total. The molecule has 556 valence electrons. The highest BCUT2D eigenvalue weighted by atomic mass is 16.3. The molecule has 0 amide bonds. The molecule has 5 aromatic carbocycles. The minimum atomic E-state index is 0.00500. The number of ketones is 4. The third-order valence-electron chi connectivity index (χ3n) is 20.3. The lowest BCUT2D eigenvalue weighted by atomic mass is 9.97. The molecule has 6 aliphatic rings. The monoisotopic (exact) mass is 1450 g/mol. The fourth-order valence-corrected chi connectivity index (χ4v) is 13.8. The fraction of sp³-hybridized carbons (Fsp3) is 0.250. The number of rotatable bonds is 20. The Balaban J connectivity index is 0.000000128. The van der Waals surface area contributed by atoms with E-state index >= 15 is 0 Å². The summed E-state index contributed by atoms with van der Waals surface area (Å²) in [5.74, 6) is 3.79. The summed E-state index contributed by atoms with van der Waals surface area (Å²) in [5.41, 5.74) is 41.8. The van der Waals surface area contributed by atoms with E-state index in [4.69, 9.17) is 27.4 Å². The molecule has 21 heteroatoms. The van der Waals surface area contributed by atoms with Crippen molar-refractivity contribution in [2.24, 2.45) is 0 Å². The molecule has 0 saturated carbocycles. The number of hydrogen-bond donors (Lipinski definition) is 8. The quantitative estimate of drug-likeness (QED) is 0.0260. The van der Waals surface area contributed by atoms with E-state index in [0.29, 0.717) is 45.0 Å². The minimum absolute atomic E-state index is 0.00500. The van der Waals surface area contributed by atoms with Crippen LogP contribution in [0.1, 0.15) is 87.7 Å². The van der Waals surface area contributed by atoms with Gasteiger partial charge in [0.15, 0.2) is 23.1 Å². The van der Waals surface area contributed by atoms with Crippen LogP contribution < -0.4 is 63.8 Å². The third-order valence-corrected chi connectivity index (χ3v) is 20.3. The van der Waals surface area contributed by atoms with Gasteiger partial charge in [0.2, 0.25) is 0 Å². The molecular weight excluding hydrogens is 1360 g/mol. The van der Waals surface area contributed by atoms with E-state index in [9.17, 15) is 19.2 Å². The average Bonchev–Trinajstić information content (AvgIpc) is 1.62. The van der Waals surface area contributed by atoms with E-state index in [0.717, 1.165) is 196 Å². The van der Waals surface area contributed by atoms with Gasteiger partial charge in [-0.25, -0.2) is 19.9 Å². The highest BCUT2D eigenvalue weighted by molar-refractivity contribution is 6.00. The molecular formula is C88H94N16O5. The number of benzene rings is 5. The first-order valence-corrected chi connectivity index (χ1v) is 37.5. The highest BCUT2D eigenvalue weighted by Gasteiger charge is 2.21. The van der Waals surface area contributed by atoms with Crippen molar-refractivity contribution in [2.45, 2.75) is 38.5 Å². The van der Waals surface area contributed by atoms with Crippen molar-refractivity contribution in [1.82, 2.24) is 41.2 Å². The maximum Gasteiger partial charge on any atom is 0.168 e. The van der Waals surface area contributed by atoms with Gasteiger partial charge in [0.1, 0.15) is 23.3 Å². The molecule has 0 radical (unpaired) electrons. The first kappa shape index (κ1) is 75.1. The standard InChI is InChI=1S/C23H24N4O.2C22H24N4O.C21H22N4O2/c24-21-8-6-18(17-4-2-1-3-5-17)14-20(21)15-22(28)19-7-9-23(26-16-19)27-12-10-25-11-13-27;2*23-20-7-5-17(16-3-1-2-4-16)13-19(20)14-21(27)18-6-8-22(25-15-18)26-11-9-24-10-12-26;22-19-3-1-15(17-5-10-27-14-17)11-18(19)12-20(26)16-2-4-21(24-13-16)25-8-6-23-7-9-25/h1-9,14,16,25H,10-13,15,24H2;2*1-3,5-8,13,15,24H,4,9-12,14,23H2;1-5,10-11,13-14,23H,6-9,12,22H2. The molecule has 5 aromatic heterocycles. The van der Waals surface area contributed by atoms with Crippen LogP contribution in [0.15, 0.2) is 236 Å². The number of hydrogen-bond acceptors (Lipinski definition) is 21. The van der Waals surface area contributed by atoms with E-state index in [-0.39, 0.29) is 48.8 Å². The van der Waals surface area contributed by atoms with Crippen molar-refractivity contribution >= 4 is 80.3 Å². The summed E-state index contributed by atoms with van der Waals surface area (Å²) in [6.45, 7) is 15.1. The molecule has 0 unspecified atom stereocenters. The molecule has 0 bridgehead atoms. The van der Waals surface area contributed by atoms with Crippen molar-refractivity contribution in [3.05, 3.63) is 287 Å². The molecule has 4 fully saturated rings. The minimum Gasteiger partial charge on any atom is -0.472 e. The molecule has 10 aromatic rings. The summed E-state index contributed by atoms with van der Waals surface area (Å²) in [6.07, 6.45) is 25.5. The molecule has 4 saturated heterocycles. The summed E-state index contributed by atoms with van der Waals surface area (Å²) in [4.78, 5) is 77.9. The number of pyridine rings is 4. The van der Waals surface area contributed by atoms with Crippen molar-refractivity contribution in [2.75, 3.05) is 147 Å². The number of carbonyl (C=O) groups is 4. The van der Waals surface area contributed by atoms with Crippen LogP contribution in [-0.2, 0) is 25.7 Å². The number of nitrogens with zero attached hydrogens (tertiary/aromatic N) is 8. The Labute approximate surface area is 636 Å². The van der Waals surface area contributed by atoms with Gasteiger partial charge >= 0.3 is 0 Å². The SMILES string of the molecule is Nc1ccc(-c2ccccc2)cc1CC(=O)c1ccc(N2CCNCC2)nc1.Nc1ccc(-c2ccoc2)cc1CC(=O)c1ccc(N2CCNCC2)nc1.Nc1ccc(C2=CC=CC2)cc1CC(=O)c1ccc(N2CCNCC2)nc1.Nc1ccc(C2=CC=CC2)cc1CC(=O)c1ccc(N2CCNCC2)nc1. The van der Waals surface area contributed by atoms with E-state index in [2.05, 4.69) is 109 Å². The number of anilines is 8. The number of carbonyl (C=O) groups excluding carboxylic acids is 4. The lowest BCUT2D eigenvalue weighted by Crippen LogP contribution is -2.43. The number of furan rings is 1. The van der Waals surface area contributed by atoms with Gasteiger partial charge in [0, 0.05) is 206 Å². The summed E-state index contributed by atoms with van der Waals surface area (Å²) >= 11 is 0. The summed E-state index contributed by atoms with van der Waals surface area (Å²) in [7, 11) is 0. The zero-order chi connectivity index (χ0) is 75.3. The van der Waals surface area contributed by atoms with Crippen LogP contribution >= 0.6 is 0 Å². The Bertz CT molecular complexity index is 4730. The third kappa shape index (κ3) is 20.1. The van der Waals surface area contributed by atoms with Gasteiger partial charge in [0.25, 0.3) is 0 Å². The van der Waals surface area contributed by atoms with Gasteiger partial charge in [-0.05, 0) is 177 Å². The molecule has 4 aliphatic heterocycles. The normalized spacial score (nSPS) is 15.3. The smallest absolute Gasteiger partial charge is 0.168 e. The lowest BCUT2D eigenvalue weighted by Gasteiger charge is -2.28. The number of piperazine rings is 4. The van der Waals surface area contributed by atoms with Gasteiger partial charge in [-0.15, -0.1) is 0 Å². The van der Waals surface area contributed by atoms with E-state index in [1.54, 1.807) is 37.3 Å². The Morgan fingerprint density at radius 3 is 0.917 bits per heavy atom. The topological polar surface area (TPSA) is 298 Å². The molecule has 0 spiro atoms. The first-order chi connectivity index (χ1) is 53.3. The number of allylic oxidation sites excluding steroid dienone is 8. The molecule has 16 rings (SSSR count). The predicted molar refractivity (Wildman–Crippen MR) is 439 cm³/mol. The number of nitrogens with one attached hydrogen (secondary N) is 4. The van der Waals surface area contributed by atoms with E-state index in [1.807, 2.05) is 146 Å². The number of aromatic nitrogens is 4. The summed E-state index contributed by atoms with van der Waals surface area (Å²) in [6, 6.07) is 50.6. The van der Waals surface area contributed by atoms with Crippen LogP contribution in [-0.4, -0.2) is 148 Å². The number of nitrogen functional groups attached to an aromatic ring is 4. The van der Waals surface area contributed by atoms with Crippen LogP contribution in [0.25, 0.3) is 33.4 Å². The average molecular weight is 1460 g/mol. The Morgan fingerprint density at radius 2 is 0.642 bits per heavy atom. The van der Waals surface area contributed by atoms with Gasteiger partial charge in [0.05, 0.1) is 12.5 Å². The van der Waals surface area contributed by atoms with Crippen molar-refractivity contribution in [1.29, 1.82) is 0 Å². The van der Waals surface area contributed by atoms with Gasteiger partial charge in [-0.1, -0.05) is 91.1 Å². The zero-order valence-corrected chi connectivity index (χ0v) is 61.4. The fourth-order valence-electron chi connectivity index (χ4n) is 13.8. The molecule has 2 aliphatic carbocycles. The largest absolute Gasteiger partial charge is 0.472 e. The summed E-state index contributed by atoms with van der Waals surface area (Å²) in [5, 5.41) is 13.3. The van der Waals surface area contributed by atoms with Crippen molar-refractivity contribution < 1.29 is 23.6 Å². The molecule has 21 nitrogen and oxygen atoms in total. The second-order valence-electron chi connectivity index (χ2n) is 27.6. The molecule has 9 heterocycles. The first-order valence-electron chi connectivity index (χ1n) is 37.5. The van der Waals surface area contributed by atoms with Gasteiger partial charge in [-0.2, -0.15) is 0 Å². The Morgan fingerprint density at radius 1 is 0.339 bits per heavy atom. The lowest BCUT2D eigenvalue weighted by molar-refractivity contribution is 0.0984. The second kappa shape index (κ2) is 36.9. The zero-order valence-electron chi connectivity index (χ0n) is 61.4. The van der Waals surface area contributed by atoms with Crippen LogP contribution in [0, 0.1) is 0 Å². The van der Waals surface area contributed by atoms with Crippen LogP contribution in [0.3, 0.4) is 0 Å². The van der Waals surface area contributed by atoms with Crippen molar-refractivity contribution in [3.8, 4) is 22.3 Å². The van der Waals surface area contributed by atoms with Crippen LogP contribution in [0.2, 0.25) is 0 Å². The maximum atomic E-state index is 12.8.